The van der Waals surface area contributed by atoms with Gasteiger partial charge in [-0.2, -0.15) is 0 Å². The summed E-state index contributed by atoms with van der Waals surface area (Å²) in [5.74, 6) is -0.233. The Hall–Kier alpha value is -4.04. The van der Waals surface area contributed by atoms with Crippen LogP contribution in [0.5, 0.6) is 0 Å². The minimum atomic E-state index is -0.539. The second kappa shape index (κ2) is 10.3. The van der Waals surface area contributed by atoms with Gasteiger partial charge >= 0.3 is 0 Å². The zero-order chi connectivity index (χ0) is 24.1. The van der Waals surface area contributed by atoms with Crippen LogP contribution in [0.25, 0.3) is 0 Å². The highest BCUT2D eigenvalue weighted by atomic mass is 35.5. The fourth-order valence-electron chi connectivity index (χ4n) is 3.66. The van der Waals surface area contributed by atoms with Crippen molar-refractivity contribution < 1.29 is 14.4 Å². The number of hydrogen-bond donors (Lipinski definition) is 3. The monoisotopic (exact) mass is 475 g/mol. The number of amidine groups is 1. The maximum absolute atomic E-state index is 12.9. The van der Waals surface area contributed by atoms with E-state index in [9.17, 15) is 14.4 Å². The molecule has 1 fully saturated rings. The Morgan fingerprint density at radius 2 is 1.65 bits per heavy atom. The largest absolute Gasteiger partial charge is 0.357 e. The number of nitrogens with one attached hydrogen (secondary N) is 3. The zero-order valence-electron chi connectivity index (χ0n) is 18.2. The molecule has 1 aliphatic rings. The number of benzene rings is 2. The normalized spacial score (nSPS) is 12.8. The molecule has 8 nitrogen and oxygen atoms in total. The van der Waals surface area contributed by atoms with Crippen molar-refractivity contribution in [2.75, 3.05) is 23.7 Å². The molecule has 34 heavy (non-hydrogen) atoms. The number of pyridine rings is 1. The van der Waals surface area contributed by atoms with Crippen LogP contribution in [0.15, 0.2) is 60.8 Å². The molecule has 0 atom stereocenters. The van der Waals surface area contributed by atoms with Gasteiger partial charge in [0, 0.05) is 36.0 Å². The highest BCUT2D eigenvalue weighted by molar-refractivity contribution is 6.30. The van der Waals surface area contributed by atoms with E-state index in [4.69, 9.17) is 17.0 Å². The molecule has 1 saturated heterocycles. The molecule has 0 saturated carbocycles. The number of nitrogens with zero attached hydrogens (tertiary/aromatic N) is 2. The predicted octanol–water partition coefficient (Wildman–Crippen LogP) is 4.47. The second-order valence-electron chi connectivity index (χ2n) is 7.81. The fraction of sp³-hybridized carbons (Fsp3) is 0.160. The van der Waals surface area contributed by atoms with Gasteiger partial charge in [0.05, 0.1) is 16.3 Å². The van der Waals surface area contributed by atoms with Crippen molar-refractivity contribution in [1.29, 1.82) is 5.41 Å². The van der Waals surface area contributed by atoms with Gasteiger partial charge in [0.1, 0.15) is 17.9 Å². The van der Waals surface area contributed by atoms with E-state index in [1.54, 1.807) is 36.4 Å². The number of amides is 2. The molecule has 3 aromatic rings. The summed E-state index contributed by atoms with van der Waals surface area (Å²) in [4.78, 5) is 43.0. The Morgan fingerprint density at radius 3 is 2.29 bits per heavy atom. The predicted molar refractivity (Wildman–Crippen MR) is 131 cm³/mol. The van der Waals surface area contributed by atoms with Gasteiger partial charge in [0.2, 0.25) is 0 Å². The summed E-state index contributed by atoms with van der Waals surface area (Å²) in [6.07, 6.45) is 4.18. The number of hydrogen-bond acceptors (Lipinski definition) is 5. The van der Waals surface area contributed by atoms with Gasteiger partial charge in [-0.25, -0.2) is 4.98 Å². The Bertz CT molecular complexity index is 1240. The van der Waals surface area contributed by atoms with Crippen LogP contribution in [0.2, 0.25) is 5.02 Å². The summed E-state index contributed by atoms with van der Waals surface area (Å²) in [6.45, 7) is 1.74. The topological polar surface area (TPSA) is 115 Å². The van der Waals surface area contributed by atoms with Crippen LogP contribution in [0.4, 0.5) is 11.5 Å². The molecule has 0 bridgehead atoms. The third-order valence-corrected chi connectivity index (χ3v) is 5.71. The smallest absolute Gasteiger partial charge is 0.258 e. The fourth-order valence-corrected chi connectivity index (χ4v) is 3.77. The number of carbonyl (C=O) groups excluding carboxylic acids is 3. The zero-order valence-corrected chi connectivity index (χ0v) is 18.9. The minimum Gasteiger partial charge on any atom is -0.357 e. The molecule has 0 spiro atoms. The maximum atomic E-state index is 12.9. The van der Waals surface area contributed by atoms with Crippen LogP contribution in [0, 0.1) is 5.41 Å². The number of aldehydes is 1. The van der Waals surface area contributed by atoms with Crippen LogP contribution in [0.3, 0.4) is 0 Å². The maximum Gasteiger partial charge on any atom is 0.258 e. The van der Waals surface area contributed by atoms with Gasteiger partial charge in [-0.1, -0.05) is 23.7 Å². The van der Waals surface area contributed by atoms with Gasteiger partial charge in [-0.3, -0.25) is 19.8 Å². The number of likely N-dealkylation sites (tertiary alicyclic amines) is 1. The summed E-state index contributed by atoms with van der Waals surface area (Å²) in [5.41, 5.74) is 1.77. The van der Waals surface area contributed by atoms with E-state index in [1.807, 2.05) is 4.90 Å². The average molecular weight is 476 g/mol. The number of rotatable bonds is 6. The van der Waals surface area contributed by atoms with Crippen molar-refractivity contribution >= 4 is 47.0 Å². The Labute approximate surface area is 201 Å². The lowest BCUT2D eigenvalue weighted by Gasteiger charge is -2.18. The van der Waals surface area contributed by atoms with E-state index in [1.165, 1.54) is 24.4 Å². The van der Waals surface area contributed by atoms with E-state index < -0.39 is 11.8 Å². The molecule has 2 aromatic carbocycles. The first kappa shape index (κ1) is 23.1. The van der Waals surface area contributed by atoms with Crippen LogP contribution < -0.4 is 10.6 Å². The molecule has 9 heteroatoms. The molecule has 0 unspecified atom stereocenters. The van der Waals surface area contributed by atoms with Crippen LogP contribution in [-0.2, 0) is 0 Å². The highest BCUT2D eigenvalue weighted by Gasteiger charge is 2.18. The van der Waals surface area contributed by atoms with Crippen LogP contribution in [0.1, 0.15) is 49.5 Å². The molecule has 2 amide bonds. The van der Waals surface area contributed by atoms with Gasteiger partial charge < -0.3 is 15.5 Å². The van der Waals surface area contributed by atoms with Crippen molar-refractivity contribution in [2.45, 2.75) is 12.8 Å². The van der Waals surface area contributed by atoms with Crippen molar-refractivity contribution in [3.63, 3.8) is 0 Å². The molecule has 1 aromatic heterocycles. The van der Waals surface area contributed by atoms with Crippen molar-refractivity contribution in [1.82, 2.24) is 9.88 Å². The lowest BCUT2D eigenvalue weighted by molar-refractivity contribution is 0.102. The van der Waals surface area contributed by atoms with E-state index in [2.05, 4.69) is 15.6 Å². The van der Waals surface area contributed by atoms with Crippen molar-refractivity contribution in [3.8, 4) is 0 Å². The first-order chi connectivity index (χ1) is 16.4. The van der Waals surface area contributed by atoms with Gasteiger partial charge in [-0.15, -0.1) is 0 Å². The number of anilines is 2. The molecule has 2 heterocycles. The molecule has 0 aliphatic carbocycles. The van der Waals surface area contributed by atoms with Crippen LogP contribution in [-0.4, -0.2) is 46.9 Å². The summed E-state index contributed by atoms with van der Waals surface area (Å²) in [6, 6.07) is 14.3. The van der Waals surface area contributed by atoms with Gasteiger partial charge in [0.15, 0.2) is 0 Å². The number of carbonyl (C=O) groups is 3. The molecule has 0 radical (unpaired) electrons. The summed E-state index contributed by atoms with van der Waals surface area (Å²) >= 11 is 5.83. The quantitative estimate of drug-likeness (QED) is 0.276. The first-order valence-electron chi connectivity index (χ1n) is 10.7. The van der Waals surface area contributed by atoms with Gasteiger partial charge in [0.25, 0.3) is 11.8 Å². The molecule has 172 valence electrons. The Morgan fingerprint density at radius 1 is 0.941 bits per heavy atom. The second-order valence-corrected chi connectivity index (χ2v) is 8.25. The Kier molecular flexibility index (Phi) is 6.98. The average Bonchev–Trinajstić information content (AvgIpc) is 3.40. The molecule has 4 rings (SSSR count). The Balaban J connectivity index is 1.51. The summed E-state index contributed by atoms with van der Waals surface area (Å²) < 4.78 is 0. The van der Waals surface area contributed by atoms with Crippen molar-refractivity contribution in [2.24, 2.45) is 0 Å². The SMILES string of the molecule is N=C(c1ccc(C(=O)Nc2ccc(C=O)cc2C(=O)Nc2ccc(Cl)cn2)cc1)N1CCCC1. The molecule has 3 N–H and O–H groups in total. The van der Waals surface area contributed by atoms with E-state index in [-0.39, 0.29) is 22.6 Å². The van der Waals surface area contributed by atoms with E-state index in [0.29, 0.717) is 22.7 Å². The third-order valence-electron chi connectivity index (χ3n) is 5.48. The molecule has 1 aliphatic heterocycles. The summed E-state index contributed by atoms with van der Waals surface area (Å²) in [7, 11) is 0. The third kappa shape index (κ3) is 5.29. The van der Waals surface area contributed by atoms with Crippen molar-refractivity contribution in [3.05, 3.63) is 88.1 Å². The van der Waals surface area contributed by atoms with E-state index >= 15 is 0 Å². The molecular formula is C25H22ClN5O3. The minimum absolute atomic E-state index is 0.113. The highest BCUT2D eigenvalue weighted by Crippen LogP contribution is 2.21. The van der Waals surface area contributed by atoms with Gasteiger partial charge in [-0.05, 0) is 55.3 Å². The molecular weight excluding hydrogens is 454 g/mol. The number of halogens is 1. The lowest BCUT2D eigenvalue weighted by atomic mass is 10.1. The standard InChI is InChI=1S/C25H22ClN5O3/c26-19-8-10-22(28-14-19)30-25(34)20-13-16(15-32)3-9-21(20)29-24(33)18-6-4-17(5-7-18)23(27)31-11-1-2-12-31/h3-10,13-15,27H,1-2,11-12H2,(H,29,33)(H,28,30,34). The first-order valence-corrected chi connectivity index (χ1v) is 11.1. The number of aromatic nitrogens is 1. The lowest BCUT2D eigenvalue weighted by Crippen LogP contribution is -2.27. The van der Waals surface area contributed by atoms with E-state index in [0.717, 1.165) is 31.5 Å². The summed E-state index contributed by atoms with van der Waals surface area (Å²) in [5, 5.41) is 14.1. The van der Waals surface area contributed by atoms with Crippen LogP contribution >= 0.6 is 11.6 Å².